The molecule has 0 unspecified atom stereocenters. The van der Waals surface area contributed by atoms with Gasteiger partial charge in [0.25, 0.3) is 0 Å². The normalized spacial score (nSPS) is 10.6. The minimum Gasteiger partial charge on any atom is -0.350 e. The molecule has 1 aromatic rings. The van der Waals surface area contributed by atoms with Gasteiger partial charge in [0.1, 0.15) is 5.82 Å². The molecule has 88 valence electrons. The summed E-state index contributed by atoms with van der Waals surface area (Å²) in [5.74, 6) is 0.889. The van der Waals surface area contributed by atoms with E-state index in [0.29, 0.717) is 17.6 Å². The molecule has 0 saturated carbocycles. The number of halogens is 1. The molecule has 4 heteroatoms. The number of anilines is 1. The van der Waals surface area contributed by atoms with Crippen molar-refractivity contribution in [2.45, 2.75) is 26.4 Å². The SMILES string of the molecule is C=CCN(c1cc(CN)c(Cl)cn1)C(C)C. The Balaban J connectivity index is 3.04. The van der Waals surface area contributed by atoms with Crippen LogP contribution >= 0.6 is 11.6 Å². The Labute approximate surface area is 102 Å². The van der Waals surface area contributed by atoms with Gasteiger partial charge in [-0.3, -0.25) is 0 Å². The van der Waals surface area contributed by atoms with Crippen molar-refractivity contribution in [3.05, 3.63) is 35.5 Å². The van der Waals surface area contributed by atoms with Crippen LogP contribution in [0.4, 0.5) is 5.82 Å². The molecule has 0 bridgehead atoms. The van der Waals surface area contributed by atoms with E-state index in [1.807, 2.05) is 12.1 Å². The second-order valence-electron chi connectivity index (χ2n) is 3.87. The van der Waals surface area contributed by atoms with Crippen LogP contribution in [0.3, 0.4) is 0 Å². The highest BCUT2D eigenvalue weighted by Gasteiger charge is 2.11. The number of pyridine rings is 1. The van der Waals surface area contributed by atoms with E-state index < -0.39 is 0 Å². The second kappa shape index (κ2) is 5.87. The topological polar surface area (TPSA) is 42.1 Å². The summed E-state index contributed by atoms with van der Waals surface area (Å²) < 4.78 is 0. The predicted octanol–water partition coefficient (Wildman–Crippen LogP) is 2.59. The molecule has 1 heterocycles. The standard InChI is InChI=1S/C12H18ClN3/c1-4-5-16(9(2)3)12-6-10(7-14)11(13)8-15-12/h4,6,8-9H,1,5,7,14H2,2-3H3. The van der Waals surface area contributed by atoms with Crippen molar-refractivity contribution in [1.82, 2.24) is 4.98 Å². The summed E-state index contributed by atoms with van der Waals surface area (Å²) in [6.07, 6.45) is 3.51. The Morgan fingerprint density at radius 1 is 1.62 bits per heavy atom. The largest absolute Gasteiger partial charge is 0.350 e. The maximum Gasteiger partial charge on any atom is 0.129 e. The zero-order valence-corrected chi connectivity index (χ0v) is 10.5. The Morgan fingerprint density at radius 2 is 2.31 bits per heavy atom. The Hall–Kier alpha value is -1.06. The summed E-state index contributed by atoms with van der Waals surface area (Å²) in [5.41, 5.74) is 6.54. The van der Waals surface area contributed by atoms with Gasteiger partial charge in [-0.25, -0.2) is 4.98 Å². The minimum atomic E-state index is 0.359. The van der Waals surface area contributed by atoms with Gasteiger partial charge in [0.05, 0.1) is 5.02 Å². The van der Waals surface area contributed by atoms with Crippen LogP contribution in [-0.2, 0) is 6.54 Å². The number of nitrogens with two attached hydrogens (primary N) is 1. The van der Waals surface area contributed by atoms with E-state index >= 15 is 0 Å². The van der Waals surface area contributed by atoms with Crippen molar-refractivity contribution in [2.24, 2.45) is 5.73 Å². The van der Waals surface area contributed by atoms with Gasteiger partial charge in [-0.15, -0.1) is 6.58 Å². The van der Waals surface area contributed by atoms with E-state index in [2.05, 4.69) is 30.3 Å². The molecule has 0 aromatic carbocycles. The molecule has 1 rings (SSSR count). The molecule has 0 aliphatic rings. The van der Waals surface area contributed by atoms with Gasteiger partial charge >= 0.3 is 0 Å². The first-order valence-electron chi connectivity index (χ1n) is 5.32. The van der Waals surface area contributed by atoms with Gasteiger partial charge in [0, 0.05) is 25.3 Å². The fraction of sp³-hybridized carbons (Fsp3) is 0.417. The third kappa shape index (κ3) is 2.97. The molecule has 3 nitrogen and oxygen atoms in total. The zero-order chi connectivity index (χ0) is 12.1. The summed E-state index contributed by atoms with van der Waals surface area (Å²) in [4.78, 5) is 6.46. The van der Waals surface area contributed by atoms with E-state index in [1.165, 1.54) is 0 Å². The molecule has 0 radical (unpaired) electrons. The number of hydrogen-bond donors (Lipinski definition) is 1. The molecule has 0 aliphatic heterocycles. The lowest BCUT2D eigenvalue weighted by atomic mass is 10.2. The van der Waals surface area contributed by atoms with Crippen LogP contribution in [-0.4, -0.2) is 17.6 Å². The first-order chi connectivity index (χ1) is 7.60. The molecule has 0 fully saturated rings. The number of rotatable bonds is 5. The summed E-state index contributed by atoms with van der Waals surface area (Å²) in [5, 5.41) is 0.619. The van der Waals surface area contributed by atoms with E-state index in [4.69, 9.17) is 17.3 Å². The third-order valence-electron chi connectivity index (χ3n) is 2.38. The lowest BCUT2D eigenvalue weighted by molar-refractivity contribution is 0.711. The van der Waals surface area contributed by atoms with Gasteiger partial charge < -0.3 is 10.6 Å². The summed E-state index contributed by atoms with van der Waals surface area (Å²) in [6.45, 7) is 9.16. The molecule has 2 N–H and O–H groups in total. The smallest absolute Gasteiger partial charge is 0.129 e. The lowest BCUT2D eigenvalue weighted by Gasteiger charge is -2.26. The third-order valence-corrected chi connectivity index (χ3v) is 2.72. The number of aromatic nitrogens is 1. The number of hydrogen-bond acceptors (Lipinski definition) is 3. The van der Waals surface area contributed by atoms with Crippen molar-refractivity contribution in [3.63, 3.8) is 0 Å². The molecule has 0 aliphatic carbocycles. The Bertz CT molecular complexity index is 363. The molecule has 0 amide bonds. The summed E-state index contributed by atoms with van der Waals surface area (Å²) >= 11 is 5.98. The maximum absolute atomic E-state index is 5.98. The van der Waals surface area contributed by atoms with Crippen molar-refractivity contribution in [3.8, 4) is 0 Å². The lowest BCUT2D eigenvalue weighted by Crippen LogP contribution is -2.31. The van der Waals surface area contributed by atoms with Crippen LogP contribution in [0.1, 0.15) is 19.4 Å². The molecule has 0 saturated heterocycles. The molecule has 0 atom stereocenters. The molecular formula is C12H18ClN3. The van der Waals surface area contributed by atoms with E-state index in [0.717, 1.165) is 17.9 Å². The quantitative estimate of drug-likeness (QED) is 0.804. The highest BCUT2D eigenvalue weighted by atomic mass is 35.5. The van der Waals surface area contributed by atoms with E-state index in [-0.39, 0.29) is 0 Å². The minimum absolute atomic E-state index is 0.359. The average Bonchev–Trinajstić information content (AvgIpc) is 2.26. The van der Waals surface area contributed by atoms with Gasteiger partial charge in [-0.2, -0.15) is 0 Å². The van der Waals surface area contributed by atoms with Gasteiger partial charge in [0.15, 0.2) is 0 Å². The van der Waals surface area contributed by atoms with Crippen molar-refractivity contribution in [1.29, 1.82) is 0 Å². The molecule has 1 aromatic heterocycles. The second-order valence-corrected chi connectivity index (χ2v) is 4.28. The highest BCUT2D eigenvalue weighted by Crippen LogP contribution is 2.21. The molecule has 16 heavy (non-hydrogen) atoms. The van der Waals surface area contributed by atoms with Crippen LogP contribution in [0, 0.1) is 0 Å². The predicted molar refractivity (Wildman–Crippen MR) is 69.8 cm³/mol. The fourth-order valence-electron chi connectivity index (χ4n) is 1.49. The average molecular weight is 240 g/mol. The van der Waals surface area contributed by atoms with Crippen molar-refractivity contribution >= 4 is 17.4 Å². The zero-order valence-electron chi connectivity index (χ0n) is 9.78. The molecular weight excluding hydrogens is 222 g/mol. The highest BCUT2D eigenvalue weighted by molar-refractivity contribution is 6.31. The van der Waals surface area contributed by atoms with Crippen molar-refractivity contribution < 1.29 is 0 Å². The van der Waals surface area contributed by atoms with E-state index in [1.54, 1.807) is 6.20 Å². The molecule has 0 spiro atoms. The number of nitrogens with zero attached hydrogens (tertiary/aromatic N) is 2. The monoisotopic (exact) mass is 239 g/mol. The van der Waals surface area contributed by atoms with Crippen LogP contribution in [0.2, 0.25) is 5.02 Å². The van der Waals surface area contributed by atoms with Gasteiger partial charge in [-0.05, 0) is 25.5 Å². The van der Waals surface area contributed by atoms with Crippen LogP contribution < -0.4 is 10.6 Å². The summed E-state index contributed by atoms with van der Waals surface area (Å²) in [7, 11) is 0. The first kappa shape index (κ1) is 13.0. The first-order valence-corrected chi connectivity index (χ1v) is 5.70. The Kier molecular flexibility index (Phi) is 4.77. The van der Waals surface area contributed by atoms with Gasteiger partial charge in [0.2, 0.25) is 0 Å². The van der Waals surface area contributed by atoms with Crippen molar-refractivity contribution in [2.75, 3.05) is 11.4 Å². The van der Waals surface area contributed by atoms with Crippen LogP contribution in [0.25, 0.3) is 0 Å². The Morgan fingerprint density at radius 3 is 2.81 bits per heavy atom. The van der Waals surface area contributed by atoms with E-state index in [9.17, 15) is 0 Å². The van der Waals surface area contributed by atoms with Crippen LogP contribution in [0.5, 0.6) is 0 Å². The van der Waals surface area contributed by atoms with Crippen LogP contribution in [0.15, 0.2) is 24.9 Å². The fourth-order valence-corrected chi connectivity index (χ4v) is 1.67. The maximum atomic E-state index is 5.98. The van der Waals surface area contributed by atoms with Gasteiger partial charge in [-0.1, -0.05) is 17.7 Å². The summed E-state index contributed by atoms with van der Waals surface area (Å²) in [6, 6.07) is 2.29.